The fourth-order valence-electron chi connectivity index (χ4n) is 6.33. The maximum Gasteiger partial charge on any atom is 0.311 e. The average molecular weight is 593 g/mol. The number of hydrogen-bond donors (Lipinski definition) is 4. The molecular formula is C34H56O8. The van der Waals surface area contributed by atoms with Crippen LogP contribution in [0.1, 0.15) is 100 Å². The molecule has 0 amide bonds. The SMILES string of the molecule is CCC(=O)[C@@H](C)[C@@H](O)[C@H](C)C[C@@H](C)[C@H]1OC(=O)C[C@@]2(O)CC=C(C)[C@H](O2)/C(C)=C\CCC[C@@H](O)/C=C\[C@H](C)C(O)[C@H]1C. The summed E-state index contributed by atoms with van der Waals surface area (Å²) in [5.74, 6) is -4.25. The summed E-state index contributed by atoms with van der Waals surface area (Å²) in [6.45, 7) is 14.9. The lowest BCUT2D eigenvalue weighted by Crippen LogP contribution is -2.45. The number of hydrogen-bond acceptors (Lipinski definition) is 8. The van der Waals surface area contributed by atoms with Crippen molar-refractivity contribution >= 4 is 11.8 Å². The van der Waals surface area contributed by atoms with Crippen LogP contribution in [0.15, 0.2) is 35.5 Å². The maximum absolute atomic E-state index is 13.4. The minimum Gasteiger partial charge on any atom is -0.462 e. The molecule has 1 unspecified atom stereocenters. The minimum atomic E-state index is -1.73. The number of Topliss-reactive ketones (excluding diaryl/α,β-unsaturated/α-hetero) is 1. The van der Waals surface area contributed by atoms with Crippen molar-refractivity contribution in [2.75, 3.05) is 0 Å². The Morgan fingerprint density at radius 2 is 1.74 bits per heavy atom. The normalized spacial score (nSPS) is 37.0. The first kappa shape index (κ1) is 36.4. The summed E-state index contributed by atoms with van der Waals surface area (Å²) in [4.78, 5) is 25.6. The summed E-state index contributed by atoms with van der Waals surface area (Å²) in [6, 6.07) is 0. The van der Waals surface area contributed by atoms with Crippen LogP contribution >= 0.6 is 0 Å². The van der Waals surface area contributed by atoms with Crippen molar-refractivity contribution in [3.63, 3.8) is 0 Å². The summed E-state index contributed by atoms with van der Waals surface area (Å²) in [7, 11) is 0. The molecule has 0 spiro atoms. The van der Waals surface area contributed by atoms with Gasteiger partial charge < -0.3 is 29.9 Å². The number of fused-ring (bicyclic) bond motifs is 2. The van der Waals surface area contributed by atoms with E-state index in [1.54, 1.807) is 26.0 Å². The second-order valence-electron chi connectivity index (χ2n) is 13.1. The molecule has 2 aliphatic rings. The van der Waals surface area contributed by atoms with Gasteiger partial charge in [-0.15, -0.1) is 0 Å². The van der Waals surface area contributed by atoms with Crippen LogP contribution in [0, 0.1) is 29.6 Å². The molecule has 240 valence electrons. The van der Waals surface area contributed by atoms with E-state index in [0.29, 0.717) is 19.3 Å². The van der Waals surface area contributed by atoms with Gasteiger partial charge in [-0.1, -0.05) is 65.8 Å². The Balaban J connectivity index is 2.37. The van der Waals surface area contributed by atoms with E-state index in [1.165, 1.54) is 0 Å². The highest BCUT2D eigenvalue weighted by molar-refractivity contribution is 5.80. The molecule has 0 aromatic carbocycles. The summed E-state index contributed by atoms with van der Waals surface area (Å²) in [5.41, 5.74) is 1.89. The number of carbonyl (C=O) groups excluding carboxylic acids is 2. The Hall–Kier alpha value is -1.84. The molecule has 4 N–H and O–H groups in total. The lowest BCUT2D eigenvalue weighted by atomic mass is 9.78. The van der Waals surface area contributed by atoms with Crippen molar-refractivity contribution in [1.29, 1.82) is 0 Å². The van der Waals surface area contributed by atoms with E-state index in [-0.39, 0.29) is 36.4 Å². The first-order chi connectivity index (χ1) is 19.6. The number of aliphatic hydroxyl groups is 4. The van der Waals surface area contributed by atoms with E-state index in [2.05, 4.69) is 0 Å². The molecular weight excluding hydrogens is 536 g/mol. The third kappa shape index (κ3) is 10.1. The Bertz CT molecular complexity index is 986. The predicted molar refractivity (Wildman–Crippen MR) is 163 cm³/mol. The van der Waals surface area contributed by atoms with E-state index in [0.717, 1.165) is 24.0 Å². The molecule has 0 aliphatic carbocycles. The number of ether oxygens (including phenoxy) is 2. The quantitative estimate of drug-likeness (QED) is 0.239. The Morgan fingerprint density at radius 1 is 1.10 bits per heavy atom. The molecule has 0 aromatic heterocycles. The van der Waals surface area contributed by atoms with Gasteiger partial charge in [0.15, 0.2) is 5.79 Å². The molecule has 2 aliphatic heterocycles. The third-order valence-corrected chi connectivity index (χ3v) is 9.25. The van der Waals surface area contributed by atoms with Gasteiger partial charge in [-0.3, -0.25) is 9.59 Å². The number of aliphatic hydroxyl groups excluding tert-OH is 3. The van der Waals surface area contributed by atoms with Gasteiger partial charge in [-0.05, 0) is 62.5 Å². The smallest absolute Gasteiger partial charge is 0.311 e. The molecule has 2 rings (SSSR count). The largest absolute Gasteiger partial charge is 0.462 e. The zero-order valence-corrected chi connectivity index (χ0v) is 27.0. The standard InChI is InChI=1S/C34H56O8/c1-9-28(36)25(7)31(39)23(5)18-24(6)33-26(8)30(38)20(2)14-15-27(35)13-11-10-12-21(3)32-22(4)16-17-34(40,42-32)19-29(37)41-33/h12,14-16,20,23-27,30-33,35,38-40H,9-11,13,17-19H2,1-8H3/b15-14-,21-12-/t20-,23+,24+,25+,26+,27+,30?,31-,32+,33+,34+/m0/s1. The van der Waals surface area contributed by atoms with Crippen LogP contribution in [-0.2, 0) is 19.1 Å². The molecule has 11 atom stereocenters. The average Bonchev–Trinajstić information content (AvgIpc) is 2.95. The zero-order valence-electron chi connectivity index (χ0n) is 27.0. The minimum absolute atomic E-state index is 0.00960. The maximum atomic E-state index is 13.4. The van der Waals surface area contributed by atoms with E-state index < -0.39 is 54.1 Å². The highest BCUT2D eigenvalue weighted by Crippen LogP contribution is 2.35. The van der Waals surface area contributed by atoms with Crippen LogP contribution in [0.5, 0.6) is 0 Å². The summed E-state index contributed by atoms with van der Waals surface area (Å²) >= 11 is 0. The number of rotatable bonds is 7. The van der Waals surface area contributed by atoms with E-state index in [4.69, 9.17) is 9.47 Å². The number of carbonyl (C=O) groups is 2. The molecule has 8 nitrogen and oxygen atoms in total. The number of allylic oxidation sites excluding steroid dienone is 1. The first-order valence-corrected chi connectivity index (χ1v) is 15.8. The second kappa shape index (κ2) is 16.3. The zero-order chi connectivity index (χ0) is 31.8. The topological polar surface area (TPSA) is 134 Å². The van der Waals surface area contributed by atoms with Crippen LogP contribution in [0.3, 0.4) is 0 Å². The Morgan fingerprint density at radius 3 is 2.38 bits per heavy atom. The van der Waals surface area contributed by atoms with Crippen LogP contribution in [0.25, 0.3) is 0 Å². The third-order valence-electron chi connectivity index (χ3n) is 9.25. The van der Waals surface area contributed by atoms with Crippen molar-refractivity contribution in [3.05, 3.63) is 35.5 Å². The number of ketones is 1. The van der Waals surface area contributed by atoms with Gasteiger partial charge in [-0.25, -0.2) is 0 Å². The molecule has 0 saturated carbocycles. The molecule has 0 saturated heterocycles. The van der Waals surface area contributed by atoms with Gasteiger partial charge in [0.25, 0.3) is 0 Å². The summed E-state index contributed by atoms with van der Waals surface area (Å²) in [6.07, 6.45) is 6.51. The van der Waals surface area contributed by atoms with Crippen LogP contribution < -0.4 is 0 Å². The summed E-state index contributed by atoms with van der Waals surface area (Å²) in [5, 5.41) is 44.0. The van der Waals surface area contributed by atoms with E-state index >= 15 is 0 Å². The lowest BCUT2D eigenvalue weighted by Gasteiger charge is -2.38. The Labute approximate surface area is 252 Å². The Kier molecular flexibility index (Phi) is 14.1. The second-order valence-corrected chi connectivity index (χ2v) is 13.1. The number of cyclic esters (lactones) is 1. The molecule has 2 bridgehead atoms. The molecule has 2 heterocycles. The fraction of sp³-hybridized carbons (Fsp3) is 0.765. The summed E-state index contributed by atoms with van der Waals surface area (Å²) < 4.78 is 12.1. The van der Waals surface area contributed by atoms with Crippen molar-refractivity contribution < 1.29 is 39.5 Å². The van der Waals surface area contributed by atoms with E-state index in [9.17, 15) is 30.0 Å². The molecule has 0 aromatic rings. The van der Waals surface area contributed by atoms with Gasteiger partial charge >= 0.3 is 5.97 Å². The first-order valence-electron chi connectivity index (χ1n) is 15.8. The van der Waals surface area contributed by atoms with Crippen molar-refractivity contribution in [2.45, 2.75) is 137 Å². The van der Waals surface area contributed by atoms with Crippen molar-refractivity contribution in [1.82, 2.24) is 0 Å². The van der Waals surface area contributed by atoms with Crippen LogP contribution in [-0.4, -0.2) is 68.5 Å². The van der Waals surface area contributed by atoms with Crippen LogP contribution in [0.2, 0.25) is 0 Å². The number of esters is 1. The van der Waals surface area contributed by atoms with Gasteiger partial charge in [0, 0.05) is 30.6 Å². The fourth-order valence-corrected chi connectivity index (χ4v) is 6.33. The van der Waals surface area contributed by atoms with Crippen LogP contribution in [0.4, 0.5) is 0 Å². The van der Waals surface area contributed by atoms with Gasteiger partial charge in [0.1, 0.15) is 18.0 Å². The van der Waals surface area contributed by atoms with Gasteiger partial charge in [0.05, 0.1) is 24.7 Å². The molecule has 0 fully saturated rings. The molecule has 42 heavy (non-hydrogen) atoms. The van der Waals surface area contributed by atoms with Crippen molar-refractivity contribution in [2.24, 2.45) is 29.6 Å². The van der Waals surface area contributed by atoms with Gasteiger partial charge in [-0.2, -0.15) is 0 Å². The van der Waals surface area contributed by atoms with Crippen molar-refractivity contribution in [3.8, 4) is 0 Å². The highest BCUT2D eigenvalue weighted by atomic mass is 16.6. The molecule has 8 heteroatoms. The van der Waals surface area contributed by atoms with E-state index in [1.807, 2.05) is 53.7 Å². The predicted octanol–water partition coefficient (Wildman–Crippen LogP) is 5.03. The monoisotopic (exact) mass is 592 g/mol. The highest BCUT2D eigenvalue weighted by Gasteiger charge is 2.41. The molecule has 0 radical (unpaired) electrons. The lowest BCUT2D eigenvalue weighted by molar-refractivity contribution is -0.230. The van der Waals surface area contributed by atoms with Gasteiger partial charge in [0.2, 0.25) is 0 Å².